The van der Waals surface area contributed by atoms with E-state index in [-0.39, 0.29) is 35.7 Å². The Labute approximate surface area is 367 Å². The summed E-state index contributed by atoms with van der Waals surface area (Å²) < 4.78 is 0. The van der Waals surface area contributed by atoms with E-state index in [4.69, 9.17) is 9.97 Å². The number of benzene rings is 2. The van der Waals surface area contributed by atoms with Crippen LogP contribution in [0.3, 0.4) is 0 Å². The molecule has 322 valence electrons. The number of carbonyl (C=O) groups is 2. The molecule has 8 rings (SSSR count). The minimum atomic E-state index is -0.425. The standard InChI is InChI=1S/C47H56N12O2S/c1-7-38-48-22-20-39(54-38)55-41(28(2)3)45(60)58-24-8-10-36(58)43-50-26-34(52-43)32-16-12-30(13-17-32)31-14-18-33(19-15-31)35-27-51-44(53-35)37-11-9-25-59(37)46(61)42(29(4)5)56-40-21-23-49-47(57-40)62-6/h12-23,26-29,36-37,41-42H,7-11,24-25H2,1-6H3,(H,50,52)(H,51,53)(H,48,54,55)(H,49,56,57)/t36-,37-,41-,42-/m0/s1. The normalized spacial score (nSPS) is 17.5. The molecule has 0 aliphatic carbocycles. The number of hydrogen-bond donors (Lipinski definition) is 4. The number of likely N-dealkylation sites (tertiary alicyclic amines) is 2. The molecular formula is C47H56N12O2S. The SMILES string of the molecule is CCc1nccc(N[C@H](C(=O)N2CCC[C@H]2c2ncc(-c3ccc(-c4ccc(-c5cnc([C@@H]6CCCN6C(=O)[C@@H](Nc6ccnc(SC)n6)C(C)C)[nH]5)cc4)cc3)[nH]2)C(C)C)n1. The lowest BCUT2D eigenvalue weighted by Crippen LogP contribution is -2.45. The lowest BCUT2D eigenvalue weighted by molar-refractivity contribution is -0.134. The molecule has 62 heavy (non-hydrogen) atoms. The highest BCUT2D eigenvalue weighted by Gasteiger charge is 2.38. The van der Waals surface area contributed by atoms with Gasteiger partial charge in [0.25, 0.3) is 0 Å². The molecule has 2 fully saturated rings. The molecule has 2 aliphatic rings. The Morgan fingerprint density at radius 3 is 1.56 bits per heavy atom. The zero-order valence-electron chi connectivity index (χ0n) is 36.3. The van der Waals surface area contributed by atoms with Gasteiger partial charge < -0.3 is 30.4 Å². The van der Waals surface area contributed by atoms with E-state index in [1.807, 2.05) is 47.5 Å². The maximum Gasteiger partial charge on any atom is 0.245 e. The van der Waals surface area contributed by atoms with Crippen LogP contribution in [0.25, 0.3) is 33.6 Å². The first kappa shape index (κ1) is 42.6. The number of nitrogens with one attached hydrogen (secondary N) is 4. The summed E-state index contributed by atoms with van der Waals surface area (Å²) in [7, 11) is 0. The molecule has 15 heteroatoms. The Kier molecular flexibility index (Phi) is 13.0. The van der Waals surface area contributed by atoms with Gasteiger partial charge in [0.05, 0.1) is 35.9 Å². The molecule has 6 heterocycles. The largest absolute Gasteiger partial charge is 0.358 e. The van der Waals surface area contributed by atoms with E-state index >= 15 is 0 Å². The first-order chi connectivity index (χ1) is 30.1. The van der Waals surface area contributed by atoms with Crippen LogP contribution in [0.2, 0.25) is 0 Å². The maximum atomic E-state index is 14.0. The molecule has 0 saturated carbocycles. The van der Waals surface area contributed by atoms with Crippen molar-refractivity contribution in [3.63, 3.8) is 0 Å². The Morgan fingerprint density at radius 1 is 0.661 bits per heavy atom. The number of aromatic nitrogens is 8. The van der Waals surface area contributed by atoms with Crippen LogP contribution >= 0.6 is 11.8 Å². The number of carbonyl (C=O) groups excluding carboxylic acids is 2. The molecule has 6 aromatic rings. The average molecular weight is 853 g/mol. The minimum Gasteiger partial charge on any atom is -0.358 e. The van der Waals surface area contributed by atoms with Gasteiger partial charge in [-0.15, -0.1) is 0 Å². The molecule has 2 saturated heterocycles. The molecule has 14 nitrogen and oxygen atoms in total. The van der Waals surface area contributed by atoms with Crippen molar-refractivity contribution in [3.8, 4) is 33.6 Å². The van der Waals surface area contributed by atoms with Gasteiger partial charge in [-0.05, 0) is 78.2 Å². The number of anilines is 2. The van der Waals surface area contributed by atoms with E-state index in [9.17, 15) is 9.59 Å². The molecule has 4 N–H and O–H groups in total. The van der Waals surface area contributed by atoms with Crippen molar-refractivity contribution in [2.75, 3.05) is 30.0 Å². The first-order valence-corrected chi connectivity index (χ1v) is 23.0. The van der Waals surface area contributed by atoms with Gasteiger partial charge in [-0.3, -0.25) is 9.59 Å². The Morgan fingerprint density at radius 2 is 1.11 bits per heavy atom. The number of hydrogen-bond acceptors (Lipinski definition) is 11. The van der Waals surface area contributed by atoms with E-state index in [1.54, 1.807) is 12.4 Å². The van der Waals surface area contributed by atoms with Gasteiger partial charge >= 0.3 is 0 Å². The van der Waals surface area contributed by atoms with Gasteiger partial charge in [0, 0.05) is 31.9 Å². The smallest absolute Gasteiger partial charge is 0.245 e. The number of aromatic amines is 2. The van der Waals surface area contributed by atoms with Crippen LogP contribution in [0, 0.1) is 11.8 Å². The van der Waals surface area contributed by atoms with Crippen LogP contribution in [-0.4, -0.2) is 92.9 Å². The van der Waals surface area contributed by atoms with Crippen LogP contribution in [0.4, 0.5) is 11.6 Å². The third-order valence-electron chi connectivity index (χ3n) is 11.9. The fraction of sp³-hybridized carbons (Fsp3) is 0.404. The van der Waals surface area contributed by atoms with Gasteiger partial charge in [0.1, 0.15) is 41.2 Å². The number of amides is 2. The summed E-state index contributed by atoms with van der Waals surface area (Å²) in [4.78, 5) is 66.3. The van der Waals surface area contributed by atoms with E-state index in [2.05, 4.69) is 117 Å². The molecule has 0 unspecified atom stereocenters. The summed E-state index contributed by atoms with van der Waals surface area (Å²) in [5.41, 5.74) is 6.07. The summed E-state index contributed by atoms with van der Waals surface area (Å²) in [6.45, 7) is 11.6. The predicted molar refractivity (Wildman–Crippen MR) is 244 cm³/mol. The molecule has 0 radical (unpaired) electrons. The molecule has 0 spiro atoms. The van der Waals surface area contributed by atoms with E-state index in [1.165, 1.54) is 11.8 Å². The summed E-state index contributed by atoms with van der Waals surface area (Å²) in [5.74, 6) is 3.89. The first-order valence-electron chi connectivity index (χ1n) is 21.7. The summed E-state index contributed by atoms with van der Waals surface area (Å²) >= 11 is 1.47. The predicted octanol–water partition coefficient (Wildman–Crippen LogP) is 8.60. The second-order valence-corrected chi connectivity index (χ2v) is 17.5. The van der Waals surface area contributed by atoms with Crippen molar-refractivity contribution in [2.45, 2.75) is 96.0 Å². The molecular weight excluding hydrogens is 797 g/mol. The summed E-state index contributed by atoms with van der Waals surface area (Å²) in [6.07, 6.45) is 13.4. The number of imidazole rings is 2. The van der Waals surface area contributed by atoms with Gasteiger partial charge in [-0.2, -0.15) is 0 Å². The summed E-state index contributed by atoms with van der Waals surface area (Å²) in [5, 5.41) is 7.45. The number of thioether (sulfide) groups is 1. The van der Waals surface area contributed by atoms with Gasteiger partial charge in [0.2, 0.25) is 11.8 Å². The van der Waals surface area contributed by atoms with Gasteiger partial charge in [-0.1, -0.05) is 94.9 Å². The Balaban J connectivity index is 0.906. The van der Waals surface area contributed by atoms with Crippen molar-refractivity contribution in [2.24, 2.45) is 11.8 Å². The summed E-state index contributed by atoms with van der Waals surface area (Å²) in [6, 6.07) is 19.4. The van der Waals surface area contributed by atoms with Crippen LogP contribution in [0.5, 0.6) is 0 Å². The van der Waals surface area contributed by atoms with Crippen LogP contribution < -0.4 is 10.6 Å². The van der Waals surface area contributed by atoms with Crippen molar-refractivity contribution in [3.05, 3.63) is 103 Å². The molecule has 2 aromatic carbocycles. The van der Waals surface area contributed by atoms with Crippen molar-refractivity contribution in [1.82, 2.24) is 49.7 Å². The van der Waals surface area contributed by atoms with Crippen molar-refractivity contribution in [1.29, 1.82) is 0 Å². The number of H-pyrrole nitrogens is 2. The van der Waals surface area contributed by atoms with E-state index < -0.39 is 12.1 Å². The van der Waals surface area contributed by atoms with Crippen molar-refractivity contribution < 1.29 is 9.59 Å². The number of aryl methyl sites for hydroxylation is 1. The van der Waals surface area contributed by atoms with E-state index in [0.717, 1.165) is 83.2 Å². The fourth-order valence-corrected chi connectivity index (χ4v) is 8.85. The van der Waals surface area contributed by atoms with Gasteiger partial charge in [0.15, 0.2) is 5.16 Å². The zero-order chi connectivity index (χ0) is 43.3. The second-order valence-electron chi connectivity index (χ2n) is 16.8. The highest BCUT2D eigenvalue weighted by Crippen LogP contribution is 2.36. The fourth-order valence-electron chi connectivity index (χ4n) is 8.49. The zero-order valence-corrected chi connectivity index (χ0v) is 37.1. The quantitative estimate of drug-likeness (QED) is 0.0576. The topological polar surface area (TPSA) is 174 Å². The molecule has 0 bridgehead atoms. The third-order valence-corrected chi connectivity index (χ3v) is 12.5. The lowest BCUT2D eigenvalue weighted by Gasteiger charge is -2.30. The lowest BCUT2D eigenvalue weighted by atomic mass is 10.0. The van der Waals surface area contributed by atoms with Crippen molar-refractivity contribution >= 4 is 35.2 Å². The molecule has 4 aromatic heterocycles. The minimum absolute atomic E-state index is 0.0506. The monoisotopic (exact) mass is 852 g/mol. The Hall–Kier alpha value is -6.09. The maximum absolute atomic E-state index is 14.0. The highest BCUT2D eigenvalue weighted by molar-refractivity contribution is 7.98. The molecule has 2 amide bonds. The number of rotatable bonds is 15. The van der Waals surface area contributed by atoms with Crippen LogP contribution in [-0.2, 0) is 16.0 Å². The van der Waals surface area contributed by atoms with Crippen LogP contribution in [0.15, 0.2) is 90.6 Å². The highest BCUT2D eigenvalue weighted by atomic mass is 32.2. The van der Waals surface area contributed by atoms with E-state index in [0.29, 0.717) is 29.9 Å². The van der Waals surface area contributed by atoms with Crippen LogP contribution in [0.1, 0.15) is 89.9 Å². The third kappa shape index (κ3) is 9.22. The average Bonchev–Trinajstić information content (AvgIpc) is 4.14. The Bertz CT molecular complexity index is 2290. The van der Waals surface area contributed by atoms with Gasteiger partial charge in [-0.25, -0.2) is 29.9 Å². The molecule has 4 atom stereocenters. The number of nitrogens with zero attached hydrogens (tertiary/aromatic N) is 8. The molecule has 2 aliphatic heterocycles. The second kappa shape index (κ2) is 18.9.